The summed E-state index contributed by atoms with van der Waals surface area (Å²) >= 11 is 1.50. The molecule has 1 saturated carbocycles. The highest BCUT2D eigenvalue weighted by atomic mass is 32.1. The zero-order valence-corrected chi connectivity index (χ0v) is 16.9. The molecule has 1 saturated heterocycles. The fraction of sp³-hybridized carbons (Fsp3) is 0.789. The second kappa shape index (κ2) is 8.04. The van der Waals surface area contributed by atoms with Gasteiger partial charge in [0.2, 0.25) is 0 Å². The van der Waals surface area contributed by atoms with E-state index in [1.807, 2.05) is 6.92 Å². The molecule has 0 radical (unpaired) electrons. The Morgan fingerprint density at radius 3 is 2.76 bits per heavy atom. The molecule has 1 amide bonds. The van der Waals surface area contributed by atoms with Crippen molar-refractivity contribution in [2.24, 2.45) is 11.8 Å². The summed E-state index contributed by atoms with van der Waals surface area (Å²) < 4.78 is 0. The molecule has 5 nitrogen and oxygen atoms in total. The third-order valence-electron chi connectivity index (χ3n) is 5.32. The number of thiazole rings is 1. The number of rotatable bonds is 6. The van der Waals surface area contributed by atoms with E-state index in [0.717, 1.165) is 54.2 Å². The average Bonchev–Trinajstić information content (AvgIpc) is 3.33. The lowest BCUT2D eigenvalue weighted by molar-refractivity contribution is 0.0708. The van der Waals surface area contributed by atoms with Crippen LogP contribution < -0.4 is 5.32 Å². The average molecular weight is 365 g/mol. The van der Waals surface area contributed by atoms with Crippen LogP contribution in [0, 0.1) is 18.8 Å². The maximum Gasteiger partial charge on any atom is 0.265 e. The van der Waals surface area contributed by atoms with E-state index in [0.29, 0.717) is 12.0 Å². The second-order valence-corrected chi connectivity index (χ2v) is 8.82. The van der Waals surface area contributed by atoms with Gasteiger partial charge in [-0.3, -0.25) is 9.69 Å². The van der Waals surface area contributed by atoms with Crippen molar-refractivity contribution < 1.29 is 4.79 Å². The van der Waals surface area contributed by atoms with Crippen LogP contribution in [0.15, 0.2) is 0 Å². The van der Waals surface area contributed by atoms with Crippen LogP contribution >= 0.6 is 11.3 Å². The summed E-state index contributed by atoms with van der Waals surface area (Å²) in [6.07, 6.45) is 3.84. The Morgan fingerprint density at radius 1 is 1.36 bits per heavy atom. The molecule has 1 aliphatic carbocycles. The van der Waals surface area contributed by atoms with Gasteiger partial charge >= 0.3 is 0 Å². The summed E-state index contributed by atoms with van der Waals surface area (Å²) in [5, 5.41) is 4.09. The van der Waals surface area contributed by atoms with Gasteiger partial charge in [-0.15, -0.1) is 0 Å². The van der Waals surface area contributed by atoms with E-state index in [9.17, 15) is 4.79 Å². The maximum absolute atomic E-state index is 13.2. The molecule has 2 fully saturated rings. The zero-order valence-electron chi connectivity index (χ0n) is 16.0. The smallest absolute Gasteiger partial charge is 0.265 e. The number of amides is 1. The lowest BCUT2D eigenvalue weighted by Crippen LogP contribution is -2.46. The Kier molecular flexibility index (Phi) is 6.00. The molecule has 1 aromatic heterocycles. The first-order chi connectivity index (χ1) is 12.0. The van der Waals surface area contributed by atoms with E-state index in [1.165, 1.54) is 30.7 Å². The van der Waals surface area contributed by atoms with Crippen molar-refractivity contribution in [3.05, 3.63) is 10.6 Å². The second-order valence-electron chi connectivity index (χ2n) is 7.82. The molecule has 2 aliphatic rings. The van der Waals surface area contributed by atoms with E-state index in [1.54, 1.807) is 0 Å². The number of carbonyl (C=O) groups excluding carboxylic acids is 1. The Hall–Kier alpha value is -1.14. The molecule has 0 spiro atoms. The number of aryl methyl sites for hydroxylation is 1. The lowest BCUT2D eigenvalue weighted by atomic mass is 10.0. The van der Waals surface area contributed by atoms with E-state index in [4.69, 9.17) is 0 Å². The van der Waals surface area contributed by atoms with Crippen molar-refractivity contribution >= 4 is 22.4 Å². The van der Waals surface area contributed by atoms with E-state index < -0.39 is 0 Å². The van der Waals surface area contributed by atoms with E-state index >= 15 is 0 Å². The molecule has 25 heavy (non-hydrogen) atoms. The van der Waals surface area contributed by atoms with Gasteiger partial charge in [0.05, 0.1) is 5.69 Å². The first-order valence-electron chi connectivity index (χ1n) is 9.74. The fourth-order valence-corrected chi connectivity index (χ4v) is 4.71. The molecule has 6 heteroatoms. The molecular weight excluding hydrogens is 332 g/mol. The Balaban J connectivity index is 1.73. The number of hydrogen-bond acceptors (Lipinski definition) is 5. The molecule has 1 atom stereocenters. The maximum atomic E-state index is 13.2. The number of nitrogens with zero attached hydrogens (tertiary/aromatic N) is 3. The lowest BCUT2D eigenvalue weighted by Gasteiger charge is -2.34. The molecule has 0 bridgehead atoms. The van der Waals surface area contributed by atoms with E-state index in [-0.39, 0.29) is 5.91 Å². The van der Waals surface area contributed by atoms with Gasteiger partial charge in [-0.1, -0.05) is 25.2 Å². The zero-order chi connectivity index (χ0) is 18.0. The van der Waals surface area contributed by atoms with Gasteiger partial charge in [-0.05, 0) is 44.9 Å². The topological polar surface area (TPSA) is 48.5 Å². The minimum Gasteiger partial charge on any atom is -0.362 e. The molecular formula is C19H32N4OS. The molecule has 1 aliphatic heterocycles. The van der Waals surface area contributed by atoms with Crippen LogP contribution in [0.3, 0.4) is 0 Å². The molecule has 2 heterocycles. The van der Waals surface area contributed by atoms with Crippen molar-refractivity contribution in [3.63, 3.8) is 0 Å². The van der Waals surface area contributed by atoms with Gasteiger partial charge in [0, 0.05) is 38.8 Å². The monoisotopic (exact) mass is 364 g/mol. The standard InChI is InChI=1S/C19H32N4OS/c1-5-20-19-21-14(4)17(25-19)18(24)23-10-6-9-22(11-15-7-8-15)16(12-23)13(2)3/h13,15-16H,5-12H2,1-4H3,(H,20,21). The van der Waals surface area contributed by atoms with Crippen LogP contribution in [-0.2, 0) is 0 Å². The van der Waals surface area contributed by atoms with Gasteiger partial charge in [0.15, 0.2) is 5.13 Å². The SMILES string of the molecule is CCNc1nc(C)c(C(=O)N2CCCN(CC3CC3)C(C(C)C)C2)s1. The number of carbonyl (C=O) groups is 1. The normalized spacial score (nSPS) is 22.3. The van der Waals surface area contributed by atoms with Crippen molar-refractivity contribution in [3.8, 4) is 0 Å². The fourth-order valence-electron chi connectivity index (χ4n) is 3.70. The van der Waals surface area contributed by atoms with Crippen LogP contribution in [-0.4, -0.2) is 59.5 Å². The third kappa shape index (κ3) is 4.53. The largest absolute Gasteiger partial charge is 0.362 e. The first-order valence-corrected chi connectivity index (χ1v) is 10.6. The van der Waals surface area contributed by atoms with Crippen LogP contribution in [0.4, 0.5) is 5.13 Å². The highest BCUT2D eigenvalue weighted by molar-refractivity contribution is 7.17. The summed E-state index contributed by atoms with van der Waals surface area (Å²) in [6.45, 7) is 13.4. The van der Waals surface area contributed by atoms with E-state index in [2.05, 4.69) is 40.9 Å². The molecule has 1 aromatic rings. The van der Waals surface area contributed by atoms with Gasteiger partial charge in [0.25, 0.3) is 5.91 Å². The van der Waals surface area contributed by atoms with Crippen molar-refractivity contribution in [1.82, 2.24) is 14.8 Å². The summed E-state index contributed by atoms with van der Waals surface area (Å²) in [4.78, 5) is 23.2. The molecule has 1 N–H and O–H groups in total. The summed E-state index contributed by atoms with van der Waals surface area (Å²) in [5.41, 5.74) is 0.853. The van der Waals surface area contributed by atoms with Gasteiger partial charge in [-0.2, -0.15) is 0 Å². The summed E-state index contributed by atoms with van der Waals surface area (Å²) in [6, 6.07) is 0.466. The molecule has 1 unspecified atom stereocenters. The third-order valence-corrected chi connectivity index (χ3v) is 6.42. The summed E-state index contributed by atoms with van der Waals surface area (Å²) in [7, 11) is 0. The highest BCUT2D eigenvalue weighted by Crippen LogP contribution is 2.32. The first kappa shape index (κ1) is 18.6. The van der Waals surface area contributed by atoms with Crippen molar-refractivity contribution in [2.45, 2.75) is 53.0 Å². The molecule has 0 aromatic carbocycles. The predicted octanol–water partition coefficient (Wildman–Crippen LogP) is 3.47. The van der Waals surface area contributed by atoms with Gasteiger partial charge < -0.3 is 10.2 Å². The van der Waals surface area contributed by atoms with Crippen molar-refractivity contribution in [2.75, 3.05) is 38.0 Å². The van der Waals surface area contributed by atoms with Crippen LogP contribution in [0.1, 0.15) is 55.4 Å². The van der Waals surface area contributed by atoms with Crippen LogP contribution in [0.25, 0.3) is 0 Å². The minimum atomic E-state index is 0.165. The number of aromatic nitrogens is 1. The Labute approximate surface area is 155 Å². The molecule has 3 rings (SSSR count). The van der Waals surface area contributed by atoms with Crippen LogP contribution in [0.2, 0.25) is 0 Å². The quantitative estimate of drug-likeness (QED) is 0.840. The highest BCUT2D eigenvalue weighted by Gasteiger charge is 2.34. The number of nitrogens with one attached hydrogen (secondary N) is 1. The Morgan fingerprint density at radius 2 is 2.12 bits per heavy atom. The van der Waals surface area contributed by atoms with Crippen molar-refractivity contribution in [1.29, 1.82) is 0 Å². The van der Waals surface area contributed by atoms with Gasteiger partial charge in [0.1, 0.15) is 4.88 Å². The predicted molar refractivity (Wildman–Crippen MR) is 104 cm³/mol. The Bertz CT molecular complexity index is 596. The number of hydrogen-bond donors (Lipinski definition) is 1. The summed E-state index contributed by atoms with van der Waals surface area (Å²) in [5.74, 6) is 1.63. The van der Waals surface area contributed by atoms with Gasteiger partial charge in [-0.25, -0.2) is 4.98 Å². The minimum absolute atomic E-state index is 0.165. The molecule has 140 valence electrons. The number of anilines is 1. The van der Waals surface area contributed by atoms with Crippen LogP contribution in [0.5, 0.6) is 0 Å².